The summed E-state index contributed by atoms with van der Waals surface area (Å²) < 4.78 is 0. The second-order valence-corrected chi connectivity index (χ2v) is 6.75. The minimum atomic E-state index is 0.169. The normalized spacial score (nSPS) is 16.9. The van der Waals surface area contributed by atoms with E-state index in [2.05, 4.69) is 83.0 Å². The van der Waals surface area contributed by atoms with Gasteiger partial charge in [-0.1, -0.05) is 78.9 Å². The molecule has 0 aromatic heterocycles. The maximum Gasteiger partial charge on any atom is 0.108 e. The third kappa shape index (κ3) is 3.53. The molecule has 3 aromatic rings. The molecular formula is C23H20N2S. The van der Waals surface area contributed by atoms with Crippen LogP contribution in [0.15, 0.2) is 103 Å². The van der Waals surface area contributed by atoms with Crippen molar-refractivity contribution in [3.63, 3.8) is 0 Å². The lowest BCUT2D eigenvalue weighted by Gasteiger charge is -2.37. The van der Waals surface area contributed by atoms with Gasteiger partial charge in [0.05, 0.1) is 6.04 Å². The largest absolute Gasteiger partial charge is 0.359 e. The maximum absolute atomic E-state index is 5.79. The Morgan fingerprint density at radius 2 is 1.35 bits per heavy atom. The zero-order valence-corrected chi connectivity index (χ0v) is 15.2. The summed E-state index contributed by atoms with van der Waals surface area (Å²) in [5, 5.41) is 3.53. The second-order valence-electron chi connectivity index (χ2n) is 6.33. The van der Waals surface area contributed by atoms with Crippen LogP contribution in [0.2, 0.25) is 0 Å². The average Bonchev–Trinajstić information content (AvgIpc) is 2.70. The molecule has 0 amide bonds. The van der Waals surface area contributed by atoms with Gasteiger partial charge in [-0.25, -0.2) is 0 Å². The first kappa shape index (κ1) is 16.6. The summed E-state index contributed by atoms with van der Waals surface area (Å²) in [7, 11) is 0. The van der Waals surface area contributed by atoms with E-state index in [-0.39, 0.29) is 6.04 Å². The first-order chi connectivity index (χ1) is 12.8. The summed E-state index contributed by atoms with van der Waals surface area (Å²) in [4.78, 5) is 3.08. The Labute approximate surface area is 159 Å². The maximum atomic E-state index is 5.79. The van der Waals surface area contributed by atoms with Crippen molar-refractivity contribution in [2.45, 2.75) is 12.5 Å². The fourth-order valence-electron chi connectivity index (χ4n) is 3.36. The molecule has 0 aliphatic carbocycles. The molecule has 1 heterocycles. The van der Waals surface area contributed by atoms with Gasteiger partial charge in [-0.05, 0) is 35.9 Å². The van der Waals surface area contributed by atoms with E-state index in [0.29, 0.717) is 0 Å². The highest BCUT2D eigenvalue weighted by Crippen LogP contribution is 2.36. The SMILES string of the molecule is S=C1C=C(Nc2ccccc2)C[C@@H](c2ccccc2)N1c1ccccc1. The molecule has 0 fully saturated rings. The van der Waals surface area contributed by atoms with Crippen LogP contribution in [-0.2, 0) is 0 Å². The minimum Gasteiger partial charge on any atom is -0.359 e. The van der Waals surface area contributed by atoms with Crippen LogP contribution in [0.3, 0.4) is 0 Å². The van der Waals surface area contributed by atoms with Crippen LogP contribution in [0.1, 0.15) is 18.0 Å². The summed E-state index contributed by atoms with van der Waals surface area (Å²) in [6.07, 6.45) is 2.95. The van der Waals surface area contributed by atoms with E-state index < -0.39 is 0 Å². The molecule has 3 heteroatoms. The molecule has 128 valence electrons. The third-order valence-electron chi connectivity index (χ3n) is 4.56. The van der Waals surface area contributed by atoms with E-state index in [1.54, 1.807) is 0 Å². The summed E-state index contributed by atoms with van der Waals surface area (Å²) in [6, 6.07) is 31.4. The average molecular weight is 356 g/mol. The smallest absolute Gasteiger partial charge is 0.108 e. The van der Waals surface area contributed by atoms with Crippen molar-refractivity contribution in [3.05, 3.63) is 108 Å². The fraction of sp³-hybridized carbons (Fsp3) is 0.0870. The van der Waals surface area contributed by atoms with Gasteiger partial charge in [-0.3, -0.25) is 0 Å². The molecule has 3 aromatic carbocycles. The lowest BCUT2D eigenvalue weighted by molar-refractivity contribution is 0.695. The molecule has 1 aliphatic heterocycles. The Balaban J connectivity index is 1.70. The van der Waals surface area contributed by atoms with Gasteiger partial charge < -0.3 is 10.2 Å². The van der Waals surface area contributed by atoms with E-state index in [4.69, 9.17) is 12.2 Å². The van der Waals surface area contributed by atoms with E-state index in [9.17, 15) is 0 Å². The van der Waals surface area contributed by atoms with Crippen molar-refractivity contribution < 1.29 is 0 Å². The molecule has 0 saturated carbocycles. The van der Waals surface area contributed by atoms with E-state index in [0.717, 1.165) is 28.5 Å². The number of para-hydroxylation sites is 2. The van der Waals surface area contributed by atoms with Crippen LogP contribution in [0.5, 0.6) is 0 Å². The van der Waals surface area contributed by atoms with Crippen LogP contribution in [0.4, 0.5) is 11.4 Å². The number of nitrogens with one attached hydrogen (secondary N) is 1. The fourth-order valence-corrected chi connectivity index (χ4v) is 3.74. The molecule has 26 heavy (non-hydrogen) atoms. The van der Waals surface area contributed by atoms with Gasteiger partial charge in [0.1, 0.15) is 4.99 Å². The van der Waals surface area contributed by atoms with Gasteiger partial charge in [-0.15, -0.1) is 0 Å². The monoisotopic (exact) mass is 356 g/mol. The molecule has 0 spiro atoms. The Kier molecular flexibility index (Phi) is 4.80. The van der Waals surface area contributed by atoms with Crippen molar-refractivity contribution in [2.24, 2.45) is 0 Å². The van der Waals surface area contributed by atoms with Crippen LogP contribution < -0.4 is 10.2 Å². The molecule has 4 rings (SSSR count). The van der Waals surface area contributed by atoms with Crippen molar-refractivity contribution in [3.8, 4) is 0 Å². The first-order valence-electron chi connectivity index (χ1n) is 8.77. The zero-order chi connectivity index (χ0) is 17.8. The molecule has 0 unspecified atom stereocenters. The molecule has 0 saturated heterocycles. The third-order valence-corrected chi connectivity index (χ3v) is 4.87. The number of thiocarbonyl (C=S) groups is 1. The molecule has 1 atom stereocenters. The van der Waals surface area contributed by atoms with Crippen molar-refractivity contribution in [2.75, 3.05) is 10.2 Å². The molecule has 1 N–H and O–H groups in total. The van der Waals surface area contributed by atoms with E-state index >= 15 is 0 Å². The zero-order valence-electron chi connectivity index (χ0n) is 14.4. The van der Waals surface area contributed by atoms with Gasteiger partial charge in [0.15, 0.2) is 0 Å². The topological polar surface area (TPSA) is 15.3 Å². The van der Waals surface area contributed by atoms with E-state index in [1.165, 1.54) is 5.56 Å². The molecule has 2 nitrogen and oxygen atoms in total. The predicted octanol–water partition coefficient (Wildman–Crippen LogP) is 5.96. The standard InChI is InChI=1S/C23H20N2S/c26-23-17-20(24-19-12-6-2-7-13-19)16-22(18-10-4-1-5-11-18)25(23)21-14-8-3-9-15-21/h1-15,17,22,24H,16H2/t22-/m0/s1. The summed E-state index contributed by atoms with van der Waals surface area (Å²) >= 11 is 5.79. The molecule has 0 bridgehead atoms. The van der Waals surface area contributed by atoms with Gasteiger partial charge >= 0.3 is 0 Å². The number of anilines is 2. The first-order valence-corrected chi connectivity index (χ1v) is 9.18. The Morgan fingerprint density at radius 1 is 0.769 bits per heavy atom. The molecule has 0 radical (unpaired) electrons. The van der Waals surface area contributed by atoms with Gasteiger partial charge in [-0.2, -0.15) is 0 Å². The Bertz CT molecular complexity index is 905. The highest BCUT2D eigenvalue weighted by Gasteiger charge is 2.28. The summed E-state index contributed by atoms with van der Waals surface area (Å²) in [5.41, 5.74) is 4.62. The summed E-state index contributed by atoms with van der Waals surface area (Å²) in [5.74, 6) is 0. The highest BCUT2D eigenvalue weighted by molar-refractivity contribution is 7.81. The lowest BCUT2D eigenvalue weighted by atomic mass is 9.96. The number of hydrogen-bond donors (Lipinski definition) is 1. The van der Waals surface area contributed by atoms with Crippen molar-refractivity contribution >= 4 is 28.6 Å². The predicted molar refractivity (Wildman–Crippen MR) is 113 cm³/mol. The van der Waals surface area contributed by atoms with Gasteiger partial charge in [0, 0.05) is 23.5 Å². The number of nitrogens with zero attached hydrogens (tertiary/aromatic N) is 1. The Morgan fingerprint density at radius 3 is 2.00 bits per heavy atom. The highest BCUT2D eigenvalue weighted by atomic mass is 32.1. The molecular weight excluding hydrogens is 336 g/mol. The van der Waals surface area contributed by atoms with Gasteiger partial charge in [0.2, 0.25) is 0 Å². The Hall–Kier alpha value is -2.91. The second kappa shape index (κ2) is 7.54. The quantitative estimate of drug-likeness (QED) is 0.581. The van der Waals surface area contributed by atoms with E-state index in [1.807, 2.05) is 24.3 Å². The van der Waals surface area contributed by atoms with Crippen LogP contribution in [0, 0.1) is 0 Å². The van der Waals surface area contributed by atoms with Crippen molar-refractivity contribution in [1.29, 1.82) is 0 Å². The van der Waals surface area contributed by atoms with Crippen molar-refractivity contribution in [1.82, 2.24) is 0 Å². The number of benzene rings is 3. The van der Waals surface area contributed by atoms with Gasteiger partial charge in [0.25, 0.3) is 0 Å². The van der Waals surface area contributed by atoms with Crippen LogP contribution in [-0.4, -0.2) is 4.99 Å². The number of rotatable bonds is 4. The molecule has 1 aliphatic rings. The minimum absolute atomic E-state index is 0.169. The lowest BCUT2D eigenvalue weighted by Crippen LogP contribution is -2.37. The summed E-state index contributed by atoms with van der Waals surface area (Å²) in [6.45, 7) is 0. The van der Waals surface area contributed by atoms with Crippen LogP contribution >= 0.6 is 12.2 Å². The number of hydrogen-bond acceptors (Lipinski definition) is 2. The van der Waals surface area contributed by atoms with Crippen LogP contribution in [0.25, 0.3) is 0 Å².